The van der Waals surface area contributed by atoms with Crippen LogP contribution in [0, 0.1) is 0 Å². The number of allylic oxidation sites excluding steroid dienone is 24. The monoisotopic (exact) mass is 1030 g/mol. The number of carbonyl (C=O) groups excluding carboxylic acids is 3. The maximum atomic E-state index is 12.8. The second kappa shape index (κ2) is 61.8. The number of esters is 3. The van der Waals surface area contributed by atoms with Crippen molar-refractivity contribution >= 4 is 17.9 Å². The van der Waals surface area contributed by atoms with E-state index in [1.165, 1.54) is 77.0 Å². The van der Waals surface area contributed by atoms with Crippen LogP contribution in [-0.2, 0) is 28.6 Å². The van der Waals surface area contributed by atoms with E-state index in [0.29, 0.717) is 25.7 Å². The van der Waals surface area contributed by atoms with Crippen LogP contribution in [0.3, 0.4) is 0 Å². The summed E-state index contributed by atoms with van der Waals surface area (Å²) in [5, 5.41) is 0. The first-order valence-electron chi connectivity index (χ1n) is 30.3. The summed E-state index contributed by atoms with van der Waals surface area (Å²) in [5.41, 5.74) is 0. The summed E-state index contributed by atoms with van der Waals surface area (Å²) in [5.74, 6) is -1.00. The van der Waals surface area contributed by atoms with Gasteiger partial charge >= 0.3 is 17.9 Å². The summed E-state index contributed by atoms with van der Waals surface area (Å²) in [4.78, 5) is 38.2. The molecule has 0 radical (unpaired) electrons. The lowest BCUT2D eigenvalue weighted by molar-refractivity contribution is -0.167. The molecule has 0 bridgehead atoms. The third kappa shape index (κ3) is 60.0. The van der Waals surface area contributed by atoms with Crippen molar-refractivity contribution in [2.75, 3.05) is 13.2 Å². The Bertz CT molecular complexity index is 1660. The molecule has 0 rings (SSSR count). The summed E-state index contributed by atoms with van der Waals surface area (Å²) >= 11 is 0. The van der Waals surface area contributed by atoms with Crippen molar-refractivity contribution < 1.29 is 28.6 Å². The lowest BCUT2D eigenvalue weighted by atomic mass is 10.0. The molecule has 75 heavy (non-hydrogen) atoms. The van der Waals surface area contributed by atoms with E-state index < -0.39 is 6.10 Å². The zero-order valence-corrected chi connectivity index (χ0v) is 48.3. The molecule has 0 saturated carbocycles. The van der Waals surface area contributed by atoms with Crippen LogP contribution in [0.4, 0.5) is 0 Å². The molecule has 0 heterocycles. The van der Waals surface area contributed by atoms with Gasteiger partial charge in [-0.1, -0.05) is 244 Å². The Hall–Kier alpha value is -4.71. The molecule has 6 nitrogen and oxygen atoms in total. The molecule has 0 N–H and O–H groups in total. The predicted molar refractivity (Wildman–Crippen MR) is 325 cm³/mol. The Labute approximate surface area is 461 Å². The lowest BCUT2D eigenvalue weighted by Gasteiger charge is -2.18. The third-order valence-corrected chi connectivity index (χ3v) is 12.3. The maximum Gasteiger partial charge on any atom is 0.306 e. The van der Waals surface area contributed by atoms with E-state index >= 15 is 0 Å². The van der Waals surface area contributed by atoms with Gasteiger partial charge in [0.25, 0.3) is 0 Å². The predicted octanol–water partition coefficient (Wildman–Crippen LogP) is 20.8. The first-order chi connectivity index (χ1) is 37.0. The Balaban J connectivity index is 4.37. The molecule has 0 saturated heterocycles. The number of ether oxygens (including phenoxy) is 3. The largest absolute Gasteiger partial charge is 0.462 e. The van der Waals surface area contributed by atoms with E-state index in [9.17, 15) is 14.4 Å². The van der Waals surface area contributed by atoms with Gasteiger partial charge in [0.15, 0.2) is 6.10 Å². The van der Waals surface area contributed by atoms with Crippen LogP contribution >= 0.6 is 0 Å². The van der Waals surface area contributed by atoms with Gasteiger partial charge in [-0.25, -0.2) is 0 Å². The highest BCUT2D eigenvalue weighted by Gasteiger charge is 2.19. The van der Waals surface area contributed by atoms with Crippen molar-refractivity contribution in [2.24, 2.45) is 0 Å². The highest BCUT2D eigenvalue weighted by molar-refractivity contribution is 5.71. The van der Waals surface area contributed by atoms with E-state index in [4.69, 9.17) is 14.2 Å². The fourth-order valence-electron chi connectivity index (χ4n) is 7.89. The second-order valence-electron chi connectivity index (χ2n) is 19.5. The van der Waals surface area contributed by atoms with Crippen LogP contribution in [0.5, 0.6) is 0 Å². The molecule has 0 aromatic heterocycles. The van der Waals surface area contributed by atoms with Crippen LogP contribution in [-0.4, -0.2) is 37.2 Å². The third-order valence-electron chi connectivity index (χ3n) is 12.3. The molecule has 0 amide bonds. The zero-order chi connectivity index (χ0) is 54.3. The standard InChI is InChI=1S/C69H110O6/c1-4-7-10-13-16-19-22-25-28-29-30-31-32-33-34-35-36-37-38-39-42-44-47-50-53-56-59-62-68(71)74-65-66(75-69(72)63-60-57-54-51-48-45-41-27-24-21-18-15-12-9-6-3)64-73-67(70)61-58-55-52-49-46-43-40-26-23-20-17-14-11-8-5-2/h7-12,16-21,25-28,30-31,40-41,46,48-49,51,66H,4-6,13-15,22-24,29,32-39,42-45,47,50,52-65H2,1-3H3/b10-7-,11-8-,12-9-,19-16-,20-17-,21-18-,28-25-,31-30-,40-26-,41-27-,49-46-,51-48-. The fraction of sp³-hybridized carbons (Fsp3) is 0.609. The van der Waals surface area contributed by atoms with Crippen molar-refractivity contribution in [3.8, 4) is 0 Å². The van der Waals surface area contributed by atoms with Crippen molar-refractivity contribution in [1.82, 2.24) is 0 Å². The maximum absolute atomic E-state index is 12.8. The van der Waals surface area contributed by atoms with Gasteiger partial charge in [-0.2, -0.15) is 0 Å². The Morgan fingerprint density at radius 1 is 0.267 bits per heavy atom. The molecule has 0 aliphatic heterocycles. The molecule has 0 spiro atoms. The van der Waals surface area contributed by atoms with Crippen LogP contribution < -0.4 is 0 Å². The fourth-order valence-corrected chi connectivity index (χ4v) is 7.89. The number of rotatable bonds is 53. The number of unbranched alkanes of at least 4 members (excludes halogenated alkanes) is 18. The van der Waals surface area contributed by atoms with Crippen LogP contribution in [0.25, 0.3) is 0 Å². The molecule has 6 heteroatoms. The van der Waals surface area contributed by atoms with E-state index in [1.54, 1.807) is 0 Å². The van der Waals surface area contributed by atoms with Gasteiger partial charge in [0.1, 0.15) is 13.2 Å². The molecule has 0 aromatic carbocycles. The van der Waals surface area contributed by atoms with Crippen LogP contribution in [0.2, 0.25) is 0 Å². The number of hydrogen-bond donors (Lipinski definition) is 0. The van der Waals surface area contributed by atoms with Gasteiger partial charge in [0.2, 0.25) is 0 Å². The average molecular weight is 1040 g/mol. The topological polar surface area (TPSA) is 78.9 Å². The van der Waals surface area contributed by atoms with Gasteiger partial charge in [0.05, 0.1) is 0 Å². The minimum Gasteiger partial charge on any atom is -0.462 e. The van der Waals surface area contributed by atoms with Crippen molar-refractivity contribution in [2.45, 2.75) is 258 Å². The Morgan fingerprint density at radius 2 is 0.480 bits per heavy atom. The van der Waals surface area contributed by atoms with Gasteiger partial charge in [-0.05, 0) is 135 Å². The number of hydrogen-bond acceptors (Lipinski definition) is 6. The summed E-state index contributed by atoms with van der Waals surface area (Å²) in [7, 11) is 0. The summed E-state index contributed by atoms with van der Waals surface area (Å²) in [6, 6.07) is 0. The van der Waals surface area contributed by atoms with Crippen molar-refractivity contribution in [1.29, 1.82) is 0 Å². The Kier molecular flexibility index (Phi) is 58.0. The van der Waals surface area contributed by atoms with Gasteiger partial charge < -0.3 is 14.2 Å². The summed E-state index contributed by atoms with van der Waals surface area (Å²) in [6.07, 6.45) is 88.6. The first-order valence-corrected chi connectivity index (χ1v) is 30.3. The lowest BCUT2D eigenvalue weighted by Crippen LogP contribution is -2.30. The van der Waals surface area contributed by atoms with Crippen molar-refractivity contribution in [3.05, 3.63) is 146 Å². The average Bonchev–Trinajstić information content (AvgIpc) is 3.41. The molecule has 0 aromatic rings. The quantitative estimate of drug-likeness (QED) is 0.0261. The van der Waals surface area contributed by atoms with Gasteiger partial charge in [-0.3, -0.25) is 14.4 Å². The van der Waals surface area contributed by atoms with Gasteiger partial charge in [-0.15, -0.1) is 0 Å². The smallest absolute Gasteiger partial charge is 0.306 e. The van der Waals surface area contributed by atoms with E-state index in [1.807, 2.05) is 0 Å². The molecular weight excluding hydrogens is 925 g/mol. The van der Waals surface area contributed by atoms with E-state index in [-0.39, 0.29) is 37.5 Å². The minimum absolute atomic E-state index is 0.113. The van der Waals surface area contributed by atoms with E-state index in [0.717, 1.165) is 122 Å². The molecule has 0 aliphatic rings. The molecule has 0 fully saturated rings. The van der Waals surface area contributed by atoms with Crippen LogP contribution in [0.15, 0.2) is 146 Å². The molecule has 1 unspecified atom stereocenters. The van der Waals surface area contributed by atoms with Crippen molar-refractivity contribution in [3.63, 3.8) is 0 Å². The highest BCUT2D eigenvalue weighted by Crippen LogP contribution is 2.15. The zero-order valence-electron chi connectivity index (χ0n) is 48.3. The van der Waals surface area contributed by atoms with E-state index in [2.05, 4.69) is 167 Å². The SMILES string of the molecule is CC/C=C\C/C=C\C/C=C\C/C=C\CCCCCCCCCCCCCCCCC(=O)OCC(COC(=O)CCCC/C=C\C/C=C\C/C=C\C/C=C\CC)OC(=O)CCCC/C=C\C/C=C\C/C=C\C/C=C\CC. The normalized spacial score (nSPS) is 13.2. The molecule has 0 aliphatic carbocycles. The first kappa shape index (κ1) is 70.3. The summed E-state index contributed by atoms with van der Waals surface area (Å²) < 4.78 is 16.8. The minimum atomic E-state index is -0.823. The summed E-state index contributed by atoms with van der Waals surface area (Å²) in [6.45, 7) is 6.22. The Morgan fingerprint density at radius 3 is 0.773 bits per heavy atom. The molecule has 422 valence electrons. The highest BCUT2D eigenvalue weighted by atomic mass is 16.6. The number of carbonyl (C=O) groups is 3. The second-order valence-corrected chi connectivity index (χ2v) is 19.5. The molecule has 1 atom stereocenters. The molecular formula is C69H110O6. The van der Waals surface area contributed by atoms with Crippen LogP contribution in [0.1, 0.15) is 252 Å². The van der Waals surface area contributed by atoms with Gasteiger partial charge in [0, 0.05) is 19.3 Å².